The van der Waals surface area contributed by atoms with Crippen molar-refractivity contribution in [2.45, 2.75) is 5.41 Å². The van der Waals surface area contributed by atoms with Crippen molar-refractivity contribution < 1.29 is 0 Å². The highest BCUT2D eigenvalue weighted by Crippen LogP contribution is 2.58. The molecule has 1 aliphatic carbocycles. The molecule has 1 nitrogen and oxygen atoms in total. The molecular formula is C37H27N. The second kappa shape index (κ2) is 9.21. The Morgan fingerprint density at radius 3 is 1.63 bits per heavy atom. The van der Waals surface area contributed by atoms with E-state index in [1.54, 1.807) is 0 Å². The molecular weight excluding hydrogens is 458 g/mol. The van der Waals surface area contributed by atoms with Crippen LogP contribution in [0.2, 0.25) is 0 Å². The average molecular weight is 486 g/mol. The van der Waals surface area contributed by atoms with E-state index in [0.29, 0.717) is 0 Å². The number of rotatable bonds is 5. The molecule has 1 heteroatoms. The Hall–Kier alpha value is -4.88. The molecule has 1 N–H and O–H groups in total. The van der Waals surface area contributed by atoms with Gasteiger partial charge in [0.25, 0.3) is 0 Å². The number of para-hydroxylation sites is 1. The zero-order valence-electron chi connectivity index (χ0n) is 21.0. The summed E-state index contributed by atoms with van der Waals surface area (Å²) >= 11 is 0. The van der Waals surface area contributed by atoms with E-state index in [9.17, 15) is 0 Å². The molecule has 0 heterocycles. The predicted octanol–water partition coefficient (Wildman–Crippen LogP) is 9.46. The minimum atomic E-state index is -0.438. The van der Waals surface area contributed by atoms with E-state index in [-0.39, 0.29) is 0 Å². The van der Waals surface area contributed by atoms with Crippen molar-refractivity contribution in [3.8, 4) is 22.3 Å². The lowest BCUT2D eigenvalue weighted by atomic mass is 9.67. The maximum absolute atomic E-state index is 3.73. The highest BCUT2D eigenvalue weighted by atomic mass is 14.9. The molecule has 38 heavy (non-hydrogen) atoms. The van der Waals surface area contributed by atoms with Crippen LogP contribution in [0.3, 0.4) is 0 Å². The van der Waals surface area contributed by atoms with Crippen LogP contribution in [-0.2, 0) is 5.41 Å². The van der Waals surface area contributed by atoms with Gasteiger partial charge in [-0.2, -0.15) is 0 Å². The van der Waals surface area contributed by atoms with Crippen LogP contribution in [0.15, 0.2) is 158 Å². The Morgan fingerprint density at radius 2 is 1.00 bits per heavy atom. The summed E-state index contributed by atoms with van der Waals surface area (Å²) in [5, 5.41) is 3.73. The first-order valence-corrected chi connectivity index (χ1v) is 13.1. The standard InChI is InChI=1S/C37H27N/c1-5-14-27(15-6-1)28-24-25-32-34(26-28)37(29-16-7-2-8-17-29,30-18-9-3-10-19-30)33-22-13-23-35(36(32)33)38-31-20-11-4-12-21-31/h1-26,38H. The summed E-state index contributed by atoms with van der Waals surface area (Å²) in [6.45, 7) is 0. The summed E-state index contributed by atoms with van der Waals surface area (Å²) in [4.78, 5) is 0. The monoisotopic (exact) mass is 485 g/mol. The van der Waals surface area contributed by atoms with E-state index in [2.05, 4.69) is 163 Å². The minimum Gasteiger partial charge on any atom is -0.355 e. The quantitative estimate of drug-likeness (QED) is 0.256. The van der Waals surface area contributed by atoms with Crippen LogP contribution < -0.4 is 5.32 Å². The third-order valence-corrected chi connectivity index (χ3v) is 7.73. The average Bonchev–Trinajstić information content (AvgIpc) is 3.30. The molecule has 0 unspecified atom stereocenters. The number of hydrogen-bond donors (Lipinski definition) is 1. The van der Waals surface area contributed by atoms with Crippen LogP contribution in [0, 0.1) is 0 Å². The maximum atomic E-state index is 3.73. The Kier molecular flexibility index (Phi) is 5.41. The summed E-state index contributed by atoms with van der Waals surface area (Å²) < 4.78 is 0. The molecule has 1 aliphatic rings. The topological polar surface area (TPSA) is 12.0 Å². The molecule has 0 spiro atoms. The number of nitrogens with one attached hydrogen (secondary N) is 1. The van der Waals surface area contributed by atoms with Gasteiger partial charge in [0.05, 0.1) is 5.41 Å². The molecule has 0 fully saturated rings. The third kappa shape index (κ3) is 3.48. The van der Waals surface area contributed by atoms with Crippen molar-refractivity contribution in [2.75, 3.05) is 5.32 Å². The fourth-order valence-electron chi connectivity index (χ4n) is 6.13. The molecule has 0 aromatic heterocycles. The summed E-state index contributed by atoms with van der Waals surface area (Å²) in [5.41, 5.74) is 11.9. The van der Waals surface area contributed by atoms with Gasteiger partial charge in [0.2, 0.25) is 0 Å². The van der Waals surface area contributed by atoms with Crippen LogP contribution >= 0.6 is 0 Å². The molecule has 6 aromatic rings. The molecule has 0 saturated heterocycles. The van der Waals surface area contributed by atoms with E-state index in [0.717, 1.165) is 11.4 Å². The molecule has 0 radical (unpaired) electrons. The second-order valence-corrected chi connectivity index (χ2v) is 9.83. The fraction of sp³-hybridized carbons (Fsp3) is 0.0270. The van der Waals surface area contributed by atoms with Gasteiger partial charge in [-0.25, -0.2) is 0 Å². The van der Waals surface area contributed by atoms with E-state index < -0.39 is 5.41 Å². The number of anilines is 2. The second-order valence-electron chi connectivity index (χ2n) is 9.83. The first kappa shape index (κ1) is 22.3. The van der Waals surface area contributed by atoms with Crippen LogP contribution in [0.1, 0.15) is 22.3 Å². The normalized spacial score (nSPS) is 12.9. The van der Waals surface area contributed by atoms with Crippen molar-refractivity contribution in [1.82, 2.24) is 0 Å². The van der Waals surface area contributed by atoms with Crippen LogP contribution in [0.4, 0.5) is 11.4 Å². The highest BCUT2D eigenvalue weighted by molar-refractivity contribution is 5.95. The Morgan fingerprint density at radius 1 is 0.421 bits per heavy atom. The first-order chi connectivity index (χ1) is 18.9. The summed E-state index contributed by atoms with van der Waals surface area (Å²) in [5.74, 6) is 0. The van der Waals surface area contributed by atoms with Crippen molar-refractivity contribution in [2.24, 2.45) is 0 Å². The summed E-state index contributed by atoms with van der Waals surface area (Å²) in [6.07, 6.45) is 0. The third-order valence-electron chi connectivity index (χ3n) is 7.73. The van der Waals surface area contributed by atoms with Gasteiger partial charge in [0.15, 0.2) is 0 Å². The molecule has 7 rings (SSSR count). The van der Waals surface area contributed by atoms with Crippen LogP contribution in [-0.4, -0.2) is 0 Å². The van der Waals surface area contributed by atoms with Gasteiger partial charge in [0, 0.05) is 16.9 Å². The predicted molar refractivity (Wildman–Crippen MR) is 159 cm³/mol. The Balaban J connectivity index is 1.57. The van der Waals surface area contributed by atoms with E-state index in [1.807, 2.05) is 0 Å². The Bertz CT molecular complexity index is 1670. The van der Waals surface area contributed by atoms with Gasteiger partial charge >= 0.3 is 0 Å². The molecule has 0 atom stereocenters. The molecule has 180 valence electrons. The van der Waals surface area contributed by atoms with E-state index >= 15 is 0 Å². The largest absolute Gasteiger partial charge is 0.355 e. The minimum absolute atomic E-state index is 0.438. The number of benzene rings is 6. The van der Waals surface area contributed by atoms with Crippen molar-refractivity contribution in [3.05, 3.63) is 180 Å². The zero-order valence-corrected chi connectivity index (χ0v) is 21.0. The number of fused-ring (bicyclic) bond motifs is 3. The van der Waals surface area contributed by atoms with E-state index in [4.69, 9.17) is 0 Å². The van der Waals surface area contributed by atoms with Gasteiger partial charge in [-0.1, -0.05) is 133 Å². The highest BCUT2D eigenvalue weighted by Gasteiger charge is 2.47. The molecule has 0 aliphatic heterocycles. The SMILES string of the molecule is c1ccc(Nc2cccc3c2-c2ccc(-c4ccccc4)cc2C3(c2ccccc2)c2ccccc2)cc1. The molecule has 6 aromatic carbocycles. The maximum Gasteiger partial charge on any atom is 0.0714 e. The van der Waals surface area contributed by atoms with Gasteiger partial charge in [0.1, 0.15) is 0 Å². The van der Waals surface area contributed by atoms with Crippen molar-refractivity contribution in [3.63, 3.8) is 0 Å². The Labute approximate surface area is 224 Å². The summed E-state index contributed by atoms with van der Waals surface area (Å²) in [7, 11) is 0. The van der Waals surface area contributed by atoms with Crippen LogP contribution in [0.5, 0.6) is 0 Å². The molecule has 0 amide bonds. The lowest BCUT2D eigenvalue weighted by Gasteiger charge is -2.34. The molecule has 0 bridgehead atoms. The van der Waals surface area contributed by atoms with Gasteiger partial charge in [-0.15, -0.1) is 0 Å². The fourth-order valence-corrected chi connectivity index (χ4v) is 6.13. The smallest absolute Gasteiger partial charge is 0.0714 e. The van der Waals surface area contributed by atoms with Crippen molar-refractivity contribution >= 4 is 11.4 Å². The van der Waals surface area contributed by atoms with Gasteiger partial charge in [-0.05, 0) is 63.2 Å². The lowest BCUT2D eigenvalue weighted by Crippen LogP contribution is -2.28. The van der Waals surface area contributed by atoms with Gasteiger partial charge < -0.3 is 5.32 Å². The number of hydrogen-bond acceptors (Lipinski definition) is 1. The first-order valence-electron chi connectivity index (χ1n) is 13.1. The van der Waals surface area contributed by atoms with Crippen molar-refractivity contribution in [1.29, 1.82) is 0 Å². The van der Waals surface area contributed by atoms with E-state index in [1.165, 1.54) is 44.5 Å². The van der Waals surface area contributed by atoms with Gasteiger partial charge in [-0.3, -0.25) is 0 Å². The lowest BCUT2D eigenvalue weighted by molar-refractivity contribution is 0.769. The molecule has 0 saturated carbocycles. The zero-order chi connectivity index (χ0) is 25.4. The van der Waals surface area contributed by atoms with Crippen LogP contribution in [0.25, 0.3) is 22.3 Å². The summed E-state index contributed by atoms with van der Waals surface area (Å²) in [6, 6.07) is 56.8.